The molecule has 1 fully saturated rings. The van der Waals surface area contributed by atoms with E-state index in [0.717, 1.165) is 6.04 Å². The summed E-state index contributed by atoms with van der Waals surface area (Å²) in [6, 6.07) is 0.762. The first-order valence-corrected chi connectivity index (χ1v) is 7.63. The fourth-order valence-electron chi connectivity index (χ4n) is 2.47. The first-order chi connectivity index (χ1) is 7.17. The molecule has 0 bridgehead atoms. The maximum Gasteiger partial charge on any atom is 0.0118 e. The minimum atomic E-state index is 0.524. The molecule has 0 spiro atoms. The van der Waals surface area contributed by atoms with E-state index >= 15 is 0 Å². The average Bonchev–Trinajstić information content (AvgIpc) is 2.19. The van der Waals surface area contributed by atoms with Crippen LogP contribution in [0.1, 0.15) is 52.9 Å². The highest BCUT2D eigenvalue weighted by Gasteiger charge is 2.31. The molecule has 1 aliphatic carbocycles. The lowest BCUT2D eigenvalue weighted by molar-refractivity contribution is 0.168. The van der Waals surface area contributed by atoms with Crippen LogP contribution in [0.25, 0.3) is 0 Å². The largest absolute Gasteiger partial charge is 0.313 e. The van der Waals surface area contributed by atoms with Gasteiger partial charge in [0.15, 0.2) is 0 Å². The van der Waals surface area contributed by atoms with Crippen molar-refractivity contribution in [2.24, 2.45) is 5.41 Å². The van der Waals surface area contributed by atoms with Gasteiger partial charge in [-0.05, 0) is 42.7 Å². The first kappa shape index (κ1) is 13.4. The van der Waals surface area contributed by atoms with Crippen molar-refractivity contribution in [1.82, 2.24) is 5.32 Å². The van der Waals surface area contributed by atoms with Gasteiger partial charge in [0.2, 0.25) is 0 Å². The van der Waals surface area contributed by atoms with E-state index in [0.29, 0.717) is 5.41 Å². The molecule has 0 amide bonds. The monoisotopic (exact) mass is 229 g/mol. The molecule has 1 N–H and O–H groups in total. The Morgan fingerprint density at radius 1 is 1.33 bits per heavy atom. The molecule has 1 aliphatic rings. The van der Waals surface area contributed by atoms with Crippen LogP contribution in [0.2, 0.25) is 0 Å². The lowest BCUT2D eigenvalue weighted by atomic mass is 9.73. The van der Waals surface area contributed by atoms with Crippen LogP contribution >= 0.6 is 11.8 Å². The third-order valence-corrected chi connectivity index (χ3v) is 4.55. The van der Waals surface area contributed by atoms with Crippen LogP contribution in [-0.2, 0) is 0 Å². The molecule has 0 heterocycles. The van der Waals surface area contributed by atoms with Crippen LogP contribution in [-0.4, -0.2) is 24.1 Å². The second-order valence-electron chi connectivity index (χ2n) is 5.29. The molecule has 0 aromatic heterocycles. The van der Waals surface area contributed by atoms with Gasteiger partial charge in [0.25, 0.3) is 0 Å². The van der Waals surface area contributed by atoms with Gasteiger partial charge in [-0.1, -0.05) is 33.6 Å². The van der Waals surface area contributed by atoms with Gasteiger partial charge < -0.3 is 5.32 Å². The molecule has 1 atom stereocenters. The molecule has 0 aromatic carbocycles. The Morgan fingerprint density at radius 2 is 2.13 bits per heavy atom. The Kier molecular flexibility index (Phi) is 6.06. The quantitative estimate of drug-likeness (QED) is 0.697. The first-order valence-electron chi connectivity index (χ1n) is 6.48. The summed E-state index contributed by atoms with van der Waals surface area (Å²) >= 11 is 2.05. The van der Waals surface area contributed by atoms with Gasteiger partial charge in [0, 0.05) is 6.04 Å². The number of hydrogen-bond acceptors (Lipinski definition) is 2. The standard InChI is InChI=1S/C13H27NS/c1-4-15-11-7-10-14-12-8-5-6-9-13(12,2)3/h12,14H,4-11H2,1-3H3. The van der Waals surface area contributed by atoms with Gasteiger partial charge in [0.05, 0.1) is 0 Å². The summed E-state index contributed by atoms with van der Waals surface area (Å²) < 4.78 is 0. The number of hydrogen-bond donors (Lipinski definition) is 1. The van der Waals surface area contributed by atoms with Crippen LogP contribution in [0.5, 0.6) is 0 Å². The van der Waals surface area contributed by atoms with E-state index in [1.807, 2.05) is 0 Å². The molecule has 90 valence electrons. The van der Waals surface area contributed by atoms with Crippen molar-refractivity contribution in [3.8, 4) is 0 Å². The second kappa shape index (κ2) is 6.80. The SMILES string of the molecule is CCSCCCNC1CCCCC1(C)C. The molecule has 15 heavy (non-hydrogen) atoms. The summed E-state index contributed by atoms with van der Waals surface area (Å²) in [5, 5.41) is 3.76. The minimum Gasteiger partial charge on any atom is -0.313 e. The Labute approximate surface area is 99.8 Å². The third kappa shape index (κ3) is 4.78. The summed E-state index contributed by atoms with van der Waals surface area (Å²) in [6.45, 7) is 8.29. The minimum absolute atomic E-state index is 0.524. The zero-order chi connectivity index (χ0) is 11.1. The normalized spacial score (nSPS) is 25.4. The highest BCUT2D eigenvalue weighted by atomic mass is 32.2. The maximum absolute atomic E-state index is 3.76. The molecule has 1 saturated carbocycles. The van der Waals surface area contributed by atoms with Crippen molar-refractivity contribution in [1.29, 1.82) is 0 Å². The number of nitrogens with one attached hydrogen (secondary N) is 1. The summed E-state index contributed by atoms with van der Waals surface area (Å²) in [5.41, 5.74) is 0.524. The van der Waals surface area contributed by atoms with Crippen LogP contribution in [0, 0.1) is 5.41 Å². The Morgan fingerprint density at radius 3 is 2.80 bits per heavy atom. The van der Waals surface area contributed by atoms with Gasteiger partial charge in [0.1, 0.15) is 0 Å². The lowest BCUT2D eigenvalue weighted by Crippen LogP contribution is -2.44. The Balaban J connectivity index is 2.13. The van der Waals surface area contributed by atoms with Gasteiger partial charge >= 0.3 is 0 Å². The lowest BCUT2D eigenvalue weighted by Gasteiger charge is -2.39. The van der Waals surface area contributed by atoms with E-state index in [-0.39, 0.29) is 0 Å². The fourth-order valence-corrected chi connectivity index (χ4v) is 3.10. The topological polar surface area (TPSA) is 12.0 Å². The molecule has 0 aliphatic heterocycles. The van der Waals surface area contributed by atoms with Gasteiger partial charge in [-0.25, -0.2) is 0 Å². The number of thioether (sulfide) groups is 1. The summed E-state index contributed by atoms with van der Waals surface area (Å²) in [6.07, 6.45) is 6.95. The van der Waals surface area contributed by atoms with Crippen molar-refractivity contribution in [3.05, 3.63) is 0 Å². The van der Waals surface area contributed by atoms with Crippen molar-refractivity contribution in [3.63, 3.8) is 0 Å². The highest BCUT2D eigenvalue weighted by Crippen LogP contribution is 2.35. The van der Waals surface area contributed by atoms with Gasteiger partial charge in [-0.15, -0.1) is 0 Å². The highest BCUT2D eigenvalue weighted by molar-refractivity contribution is 7.99. The fraction of sp³-hybridized carbons (Fsp3) is 1.00. The summed E-state index contributed by atoms with van der Waals surface area (Å²) in [4.78, 5) is 0. The van der Waals surface area contributed by atoms with Crippen LogP contribution < -0.4 is 5.32 Å². The molecular formula is C13H27NS. The molecule has 1 rings (SSSR count). The molecule has 0 radical (unpaired) electrons. The Hall–Kier alpha value is 0.310. The maximum atomic E-state index is 3.76. The van der Waals surface area contributed by atoms with Crippen LogP contribution in [0.4, 0.5) is 0 Å². The van der Waals surface area contributed by atoms with E-state index in [2.05, 4.69) is 37.8 Å². The van der Waals surface area contributed by atoms with Crippen molar-refractivity contribution in [2.75, 3.05) is 18.1 Å². The number of rotatable bonds is 6. The van der Waals surface area contributed by atoms with E-state index in [1.165, 1.54) is 50.2 Å². The van der Waals surface area contributed by atoms with E-state index < -0.39 is 0 Å². The molecular weight excluding hydrogens is 202 g/mol. The molecule has 0 aromatic rings. The van der Waals surface area contributed by atoms with Crippen LogP contribution in [0.3, 0.4) is 0 Å². The van der Waals surface area contributed by atoms with Gasteiger partial charge in [-0.3, -0.25) is 0 Å². The molecule has 1 unspecified atom stereocenters. The summed E-state index contributed by atoms with van der Waals surface area (Å²) in [7, 11) is 0. The van der Waals surface area contributed by atoms with Crippen molar-refractivity contribution in [2.45, 2.75) is 58.9 Å². The van der Waals surface area contributed by atoms with E-state index in [1.54, 1.807) is 0 Å². The zero-order valence-corrected chi connectivity index (χ0v) is 11.5. The van der Waals surface area contributed by atoms with Gasteiger partial charge in [-0.2, -0.15) is 11.8 Å². The van der Waals surface area contributed by atoms with E-state index in [4.69, 9.17) is 0 Å². The molecule has 2 heteroatoms. The Bertz CT molecular complexity index is 168. The average molecular weight is 229 g/mol. The molecule has 1 nitrogen and oxygen atoms in total. The predicted molar refractivity (Wildman–Crippen MR) is 71.7 cm³/mol. The second-order valence-corrected chi connectivity index (χ2v) is 6.69. The van der Waals surface area contributed by atoms with E-state index in [9.17, 15) is 0 Å². The van der Waals surface area contributed by atoms with Crippen molar-refractivity contribution >= 4 is 11.8 Å². The third-order valence-electron chi connectivity index (χ3n) is 3.57. The molecule has 0 saturated heterocycles. The smallest absolute Gasteiger partial charge is 0.0118 e. The van der Waals surface area contributed by atoms with Crippen LogP contribution in [0.15, 0.2) is 0 Å². The van der Waals surface area contributed by atoms with Crippen molar-refractivity contribution < 1.29 is 0 Å². The predicted octanol–water partition coefficient (Wildman–Crippen LogP) is 3.69. The summed E-state index contributed by atoms with van der Waals surface area (Å²) in [5.74, 6) is 2.57. The zero-order valence-electron chi connectivity index (χ0n) is 10.6.